The number of alkyl halides is 3. The summed E-state index contributed by atoms with van der Waals surface area (Å²) in [5.41, 5.74) is 7.13. The van der Waals surface area contributed by atoms with Crippen LogP contribution in [0.5, 0.6) is 0 Å². The van der Waals surface area contributed by atoms with Crippen LogP contribution < -0.4 is 11.1 Å². The van der Waals surface area contributed by atoms with Gasteiger partial charge >= 0.3 is 6.18 Å². The van der Waals surface area contributed by atoms with Crippen molar-refractivity contribution in [2.24, 2.45) is 11.1 Å². The molecule has 2 amide bonds. The summed E-state index contributed by atoms with van der Waals surface area (Å²) >= 11 is 0. The number of anilines is 1. The number of nitrogens with two attached hydrogens (primary N) is 1. The van der Waals surface area contributed by atoms with E-state index < -0.39 is 23.5 Å². The van der Waals surface area contributed by atoms with Gasteiger partial charge in [0.05, 0.1) is 5.41 Å². The van der Waals surface area contributed by atoms with E-state index >= 15 is 0 Å². The molecule has 2 atom stereocenters. The average Bonchev–Trinajstić information content (AvgIpc) is 2.93. The highest BCUT2D eigenvalue weighted by Gasteiger charge is 2.59. The monoisotopic (exact) mass is 556 g/mol. The maximum Gasteiger partial charge on any atom is 0.395 e. The normalized spacial score (nSPS) is 23.3. The number of benzene rings is 2. The van der Waals surface area contributed by atoms with Gasteiger partial charge in [0.15, 0.2) is 0 Å². The van der Waals surface area contributed by atoms with Gasteiger partial charge in [-0.1, -0.05) is 43.2 Å². The zero-order valence-electron chi connectivity index (χ0n) is 22.9. The average molecular weight is 557 g/mol. The van der Waals surface area contributed by atoms with Gasteiger partial charge in [0, 0.05) is 36.9 Å². The van der Waals surface area contributed by atoms with E-state index in [0.717, 1.165) is 48.9 Å². The minimum absolute atomic E-state index is 0.0642. The first kappa shape index (κ1) is 28.5. The van der Waals surface area contributed by atoms with Crippen molar-refractivity contribution in [3.8, 4) is 11.1 Å². The van der Waals surface area contributed by atoms with E-state index in [-0.39, 0.29) is 31.3 Å². The number of piperidine rings is 2. The fourth-order valence-corrected chi connectivity index (χ4v) is 6.57. The number of carbonyl (C=O) groups excluding carboxylic acids is 2. The third kappa shape index (κ3) is 5.85. The van der Waals surface area contributed by atoms with Gasteiger partial charge < -0.3 is 16.0 Å². The predicted molar refractivity (Wildman–Crippen MR) is 150 cm³/mol. The SMILES string of the molecule is NC(=O)[C@H]1CCCCN1C(=O)c1ccccc1-c1ccc(NCC2CCCCN2CC2(C(F)(F)F)CCC2)cc1. The van der Waals surface area contributed by atoms with Crippen LogP contribution in [-0.4, -0.2) is 66.1 Å². The zero-order chi connectivity index (χ0) is 28.3. The van der Waals surface area contributed by atoms with Gasteiger partial charge in [0.25, 0.3) is 5.91 Å². The molecule has 3 N–H and O–H groups in total. The van der Waals surface area contributed by atoms with Crippen LogP contribution in [0.3, 0.4) is 0 Å². The topological polar surface area (TPSA) is 78.7 Å². The summed E-state index contributed by atoms with van der Waals surface area (Å²) in [6.45, 7) is 1.90. The Bertz CT molecular complexity index is 1200. The smallest absolute Gasteiger partial charge is 0.383 e. The Hall–Kier alpha value is -3.07. The van der Waals surface area contributed by atoms with Crippen molar-refractivity contribution in [3.63, 3.8) is 0 Å². The van der Waals surface area contributed by atoms with Gasteiger partial charge in [-0.05, 0) is 80.8 Å². The summed E-state index contributed by atoms with van der Waals surface area (Å²) in [5, 5.41) is 3.44. The van der Waals surface area contributed by atoms with Gasteiger partial charge in [0.1, 0.15) is 6.04 Å². The highest BCUT2D eigenvalue weighted by atomic mass is 19.4. The zero-order valence-corrected chi connectivity index (χ0v) is 22.9. The number of carbonyl (C=O) groups is 2. The predicted octanol–water partition coefficient (Wildman–Crippen LogP) is 5.83. The fraction of sp³-hybridized carbons (Fsp3) is 0.548. The van der Waals surface area contributed by atoms with Crippen LogP contribution in [0.25, 0.3) is 11.1 Å². The van der Waals surface area contributed by atoms with Crippen molar-refractivity contribution in [1.82, 2.24) is 9.80 Å². The molecule has 1 unspecified atom stereocenters. The van der Waals surface area contributed by atoms with E-state index in [1.54, 1.807) is 11.0 Å². The number of likely N-dealkylation sites (tertiary alicyclic amines) is 2. The Balaban J connectivity index is 1.26. The van der Waals surface area contributed by atoms with Crippen LogP contribution in [0.4, 0.5) is 18.9 Å². The lowest BCUT2D eigenvalue weighted by Crippen LogP contribution is -2.56. The van der Waals surface area contributed by atoms with Crippen LogP contribution in [0, 0.1) is 5.41 Å². The van der Waals surface area contributed by atoms with Gasteiger partial charge in [-0.25, -0.2) is 0 Å². The molecule has 0 bridgehead atoms. The Kier molecular flexibility index (Phi) is 8.40. The molecule has 3 aliphatic rings. The summed E-state index contributed by atoms with van der Waals surface area (Å²) in [4.78, 5) is 29.1. The van der Waals surface area contributed by atoms with Crippen molar-refractivity contribution in [2.45, 2.75) is 76.0 Å². The van der Waals surface area contributed by atoms with Crippen LogP contribution in [0.15, 0.2) is 48.5 Å². The lowest BCUT2D eigenvalue weighted by Gasteiger charge is -2.48. The lowest BCUT2D eigenvalue weighted by molar-refractivity contribution is -0.258. The summed E-state index contributed by atoms with van der Waals surface area (Å²) in [7, 11) is 0. The highest BCUT2D eigenvalue weighted by molar-refractivity contribution is 6.02. The third-order valence-electron chi connectivity index (χ3n) is 9.15. The first-order valence-electron chi connectivity index (χ1n) is 14.5. The maximum atomic E-state index is 13.8. The highest BCUT2D eigenvalue weighted by Crippen LogP contribution is 2.53. The Morgan fingerprint density at radius 2 is 1.62 bits per heavy atom. The summed E-state index contributed by atoms with van der Waals surface area (Å²) in [6.07, 6.45) is 2.12. The van der Waals surface area contributed by atoms with E-state index in [0.29, 0.717) is 38.0 Å². The molecule has 1 saturated carbocycles. The number of halogens is 3. The Morgan fingerprint density at radius 3 is 2.30 bits per heavy atom. The number of hydrogen-bond acceptors (Lipinski definition) is 4. The Morgan fingerprint density at radius 1 is 0.925 bits per heavy atom. The molecule has 216 valence electrons. The molecule has 0 aromatic heterocycles. The van der Waals surface area contributed by atoms with Crippen molar-refractivity contribution >= 4 is 17.5 Å². The van der Waals surface area contributed by atoms with E-state index in [2.05, 4.69) is 10.2 Å². The number of amides is 2. The van der Waals surface area contributed by atoms with Gasteiger partial charge in [0.2, 0.25) is 5.91 Å². The second-order valence-electron chi connectivity index (χ2n) is 11.7. The third-order valence-corrected chi connectivity index (χ3v) is 9.15. The first-order valence-corrected chi connectivity index (χ1v) is 14.5. The van der Waals surface area contributed by atoms with Crippen molar-refractivity contribution in [2.75, 3.05) is 31.5 Å². The van der Waals surface area contributed by atoms with Crippen LogP contribution in [-0.2, 0) is 4.79 Å². The second kappa shape index (κ2) is 11.8. The van der Waals surface area contributed by atoms with Crippen molar-refractivity contribution in [3.05, 3.63) is 54.1 Å². The molecule has 3 fully saturated rings. The number of nitrogens with one attached hydrogen (secondary N) is 1. The van der Waals surface area contributed by atoms with Gasteiger partial charge in [-0.15, -0.1) is 0 Å². The van der Waals surface area contributed by atoms with E-state index in [1.807, 2.05) is 42.5 Å². The van der Waals surface area contributed by atoms with Crippen LogP contribution in [0.2, 0.25) is 0 Å². The lowest BCUT2D eigenvalue weighted by atomic mass is 9.67. The quantitative estimate of drug-likeness (QED) is 0.429. The number of primary amides is 1. The van der Waals surface area contributed by atoms with Crippen molar-refractivity contribution in [1.29, 1.82) is 0 Å². The van der Waals surface area contributed by atoms with Gasteiger partial charge in [-0.2, -0.15) is 13.2 Å². The van der Waals surface area contributed by atoms with Crippen LogP contribution >= 0.6 is 0 Å². The molecule has 40 heavy (non-hydrogen) atoms. The molecule has 5 rings (SSSR count). The number of hydrogen-bond donors (Lipinski definition) is 2. The number of nitrogens with zero attached hydrogens (tertiary/aromatic N) is 2. The Labute approximate surface area is 234 Å². The molecular formula is C31H39F3N4O2. The van der Waals surface area contributed by atoms with E-state index in [1.165, 1.54) is 0 Å². The molecule has 1 aliphatic carbocycles. The van der Waals surface area contributed by atoms with Gasteiger partial charge in [-0.3, -0.25) is 14.5 Å². The molecule has 9 heteroatoms. The summed E-state index contributed by atoms with van der Waals surface area (Å²) < 4.78 is 41.5. The second-order valence-corrected chi connectivity index (χ2v) is 11.7. The van der Waals surface area contributed by atoms with E-state index in [9.17, 15) is 22.8 Å². The van der Waals surface area contributed by atoms with Crippen LogP contribution in [0.1, 0.15) is 68.1 Å². The molecule has 2 aromatic rings. The molecular weight excluding hydrogens is 517 g/mol. The summed E-state index contributed by atoms with van der Waals surface area (Å²) in [6, 6.07) is 14.6. The minimum atomic E-state index is -4.15. The molecule has 2 aromatic carbocycles. The fourth-order valence-electron chi connectivity index (χ4n) is 6.57. The maximum absolute atomic E-state index is 13.8. The molecule has 0 spiro atoms. The molecule has 6 nitrogen and oxygen atoms in total. The molecule has 0 radical (unpaired) electrons. The largest absolute Gasteiger partial charge is 0.395 e. The first-order chi connectivity index (χ1) is 19.2. The molecule has 2 heterocycles. The molecule has 2 aliphatic heterocycles. The van der Waals surface area contributed by atoms with E-state index in [4.69, 9.17) is 5.73 Å². The van der Waals surface area contributed by atoms with Crippen molar-refractivity contribution < 1.29 is 22.8 Å². The standard InChI is InChI=1S/C31H39F3N4O2/c32-31(33,34)30(16-7-17-30)21-37-18-5-3-8-24(37)20-36-23-14-12-22(13-15-23)25-9-1-2-10-26(25)29(40)38-19-6-4-11-27(38)28(35)39/h1-2,9-10,12-15,24,27,36H,3-8,11,16-21H2,(H2,35,39)/t24?,27-/m1/s1. The molecule has 2 saturated heterocycles. The minimum Gasteiger partial charge on any atom is -0.383 e. The summed E-state index contributed by atoms with van der Waals surface area (Å²) in [5.74, 6) is -0.666. The number of rotatable bonds is 8.